The summed E-state index contributed by atoms with van der Waals surface area (Å²) in [6.07, 6.45) is 5.74. The molecule has 0 radical (unpaired) electrons. The van der Waals surface area contributed by atoms with Crippen molar-refractivity contribution in [3.8, 4) is 0 Å². The summed E-state index contributed by atoms with van der Waals surface area (Å²) in [6, 6.07) is 8.16. The molecular weight excluding hydrogens is 362 g/mol. The molecule has 1 N–H and O–H groups in total. The second kappa shape index (κ2) is 8.86. The normalized spacial score (nSPS) is 26.3. The van der Waals surface area contributed by atoms with E-state index in [1.54, 1.807) is 0 Å². The van der Waals surface area contributed by atoms with Gasteiger partial charge in [-0.15, -0.1) is 0 Å². The van der Waals surface area contributed by atoms with Crippen molar-refractivity contribution in [3.05, 3.63) is 30.1 Å². The van der Waals surface area contributed by atoms with Crippen molar-refractivity contribution < 1.29 is 9.53 Å². The van der Waals surface area contributed by atoms with E-state index in [1.165, 1.54) is 12.8 Å². The molecule has 4 rings (SSSR count). The van der Waals surface area contributed by atoms with Crippen molar-refractivity contribution in [1.82, 2.24) is 14.9 Å². The molecule has 2 fully saturated rings. The molecule has 0 spiro atoms. The number of aromatic amines is 1. The van der Waals surface area contributed by atoms with Crippen LogP contribution in [0.15, 0.2) is 24.3 Å². The number of H-pyrrole nitrogens is 1. The molecule has 1 aliphatic heterocycles. The highest BCUT2D eigenvalue weighted by Crippen LogP contribution is 2.35. The van der Waals surface area contributed by atoms with Crippen LogP contribution in [0.4, 0.5) is 0 Å². The average molecular weight is 398 g/mol. The van der Waals surface area contributed by atoms with E-state index < -0.39 is 0 Å². The van der Waals surface area contributed by atoms with Crippen LogP contribution in [-0.2, 0) is 9.53 Å². The van der Waals surface area contributed by atoms with Crippen molar-refractivity contribution in [2.75, 3.05) is 19.7 Å². The second-order valence-electron chi connectivity index (χ2n) is 9.47. The quantitative estimate of drug-likeness (QED) is 0.792. The number of fused-ring (bicyclic) bond motifs is 1. The Balaban J connectivity index is 1.28. The molecule has 3 atom stereocenters. The molecular formula is C24H35N3O2. The van der Waals surface area contributed by atoms with Crippen molar-refractivity contribution in [2.45, 2.75) is 64.9 Å². The molecule has 1 aliphatic carbocycles. The van der Waals surface area contributed by atoms with E-state index in [9.17, 15) is 4.79 Å². The number of amides is 1. The van der Waals surface area contributed by atoms with E-state index in [0.717, 1.165) is 49.2 Å². The molecule has 0 unspecified atom stereocenters. The fourth-order valence-electron chi connectivity index (χ4n) is 5.14. The summed E-state index contributed by atoms with van der Waals surface area (Å²) in [5.74, 6) is 3.50. The van der Waals surface area contributed by atoms with Crippen LogP contribution in [0.2, 0.25) is 0 Å². The van der Waals surface area contributed by atoms with Gasteiger partial charge in [0.2, 0.25) is 5.91 Å². The smallest absolute Gasteiger partial charge is 0.248 e. The van der Waals surface area contributed by atoms with Gasteiger partial charge in [-0.2, -0.15) is 0 Å². The zero-order valence-electron chi connectivity index (χ0n) is 18.1. The number of aromatic nitrogens is 2. The van der Waals surface area contributed by atoms with Gasteiger partial charge in [0.25, 0.3) is 0 Å². The number of piperidine rings is 1. The zero-order valence-corrected chi connectivity index (χ0v) is 18.1. The standard InChI is InChI=1S/C24H35N3O2/c1-16(2)19-9-8-17(3)14-22(19)29-15-23(28)27-12-10-18(11-13-27)24-25-20-6-4-5-7-21(20)26-24/h4-7,16-19,22H,8-15H2,1-3H3,(H,25,26)/t17-,19-,22-/m1/s1. The molecule has 29 heavy (non-hydrogen) atoms. The number of hydrogen-bond acceptors (Lipinski definition) is 3. The lowest BCUT2D eigenvalue weighted by molar-refractivity contribution is -0.142. The van der Waals surface area contributed by atoms with Crippen LogP contribution in [0, 0.1) is 17.8 Å². The van der Waals surface area contributed by atoms with Crippen molar-refractivity contribution in [1.29, 1.82) is 0 Å². The molecule has 5 nitrogen and oxygen atoms in total. The minimum atomic E-state index is 0.147. The number of hydrogen-bond donors (Lipinski definition) is 1. The highest BCUT2D eigenvalue weighted by molar-refractivity contribution is 5.77. The third-order valence-electron chi connectivity index (χ3n) is 7.02. The summed E-state index contributed by atoms with van der Waals surface area (Å²) in [5.41, 5.74) is 2.12. The van der Waals surface area contributed by atoms with E-state index in [2.05, 4.69) is 31.8 Å². The molecule has 2 aliphatic rings. The fraction of sp³-hybridized carbons (Fsp3) is 0.667. The van der Waals surface area contributed by atoms with Gasteiger partial charge in [-0.1, -0.05) is 39.3 Å². The van der Waals surface area contributed by atoms with Crippen molar-refractivity contribution >= 4 is 16.9 Å². The average Bonchev–Trinajstić information content (AvgIpc) is 3.16. The first-order valence-electron chi connectivity index (χ1n) is 11.3. The third-order valence-corrected chi connectivity index (χ3v) is 7.02. The Kier molecular flexibility index (Phi) is 6.23. The molecule has 0 bridgehead atoms. The Bertz CT molecular complexity index is 789. The Labute approximate surface area is 174 Å². The van der Waals surface area contributed by atoms with Crippen LogP contribution in [0.3, 0.4) is 0 Å². The number of nitrogens with zero attached hydrogens (tertiary/aromatic N) is 2. The number of ether oxygens (including phenoxy) is 1. The van der Waals surface area contributed by atoms with Gasteiger partial charge in [0.05, 0.1) is 17.1 Å². The van der Waals surface area contributed by atoms with Crippen molar-refractivity contribution in [2.24, 2.45) is 17.8 Å². The Morgan fingerprint density at radius 1 is 1.21 bits per heavy atom. The first-order chi connectivity index (χ1) is 14.0. The maximum Gasteiger partial charge on any atom is 0.248 e. The molecule has 2 heterocycles. The van der Waals surface area contributed by atoms with E-state index in [1.807, 2.05) is 23.1 Å². The molecule has 1 saturated heterocycles. The predicted molar refractivity (Wildman–Crippen MR) is 116 cm³/mol. The van der Waals surface area contributed by atoms with Crippen LogP contribution in [0.1, 0.15) is 64.6 Å². The third kappa shape index (κ3) is 4.66. The summed E-state index contributed by atoms with van der Waals surface area (Å²) in [7, 11) is 0. The lowest BCUT2D eigenvalue weighted by atomic mass is 9.75. The van der Waals surface area contributed by atoms with Gasteiger partial charge in [0, 0.05) is 19.0 Å². The zero-order chi connectivity index (χ0) is 20.4. The van der Waals surface area contributed by atoms with E-state index in [0.29, 0.717) is 23.7 Å². The van der Waals surface area contributed by atoms with Crippen LogP contribution in [0.5, 0.6) is 0 Å². The molecule has 1 saturated carbocycles. The number of imidazole rings is 1. The van der Waals surface area contributed by atoms with E-state index in [-0.39, 0.29) is 18.6 Å². The predicted octanol–water partition coefficient (Wildman–Crippen LogP) is 4.75. The molecule has 1 amide bonds. The maximum absolute atomic E-state index is 12.8. The topological polar surface area (TPSA) is 58.2 Å². The van der Waals surface area contributed by atoms with Gasteiger partial charge in [-0.25, -0.2) is 4.98 Å². The first-order valence-corrected chi connectivity index (χ1v) is 11.3. The largest absolute Gasteiger partial charge is 0.368 e. The summed E-state index contributed by atoms with van der Waals surface area (Å²) in [5, 5.41) is 0. The highest BCUT2D eigenvalue weighted by Gasteiger charge is 2.32. The summed E-state index contributed by atoms with van der Waals surface area (Å²) < 4.78 is 6.18. The number of para-hydroxylation sites is 2. The molecule has 1 aromatic heterocycles. The monoisotopic (exact) mass is 397 g/mol. The summed E-state index contributed by atoms with van der Waals surface area (Å²) in [4.78, 5) is 23.0. The number of likely N-dealkylation sites (tertiary alicyclic amines) is 1. The molecule has 5 heteroatoms. The maximum atomic E-state index is 12.8. The first kappa shape index (κ1) is 20.4. The molecule has 2 aromatic rings. The van der Waals surface area contributed by atoms with Gasteiger partial charge in [-0.05, 0) is 55.6 Å². The second-order valence-corrected chi connectivity index (χ2v) is 9.47. The van der Waals surface area contributed by atoms with E-state index in [4.69, 9.17) is 9.72 Å². The van der Waals surface area contributed by atoms with E-state index >= 15 is 0 Å². The van der Waals surface area contributed by atoms with Crippen LogP contribution in [0.25, 0.3) is 11.0 Å². The van der Waals surface area contributed by atoms with Gasteiger partial charge in [-0.3, -0.25) is 4.79 Å². The number of benzene rings is 1. The van der Waals surface area contributed by atoms with Gasteiger partial charge < -0.3 is 14.6 Å². The summed E-state index contributed by atoms with van der Waals surface area (Å²) >= 11 is 0. The number of rotatable bonds is 5. The van der Waals surface area contributed by atoms with Gasteiger partial charge in [0.1, 0.15) is 12.4 Å². The Morgan fingerprint density at radius 2 is 1.97 bits per heavy atom. The number of carbonyl (C=O) groups excluding carboxylic acids is 1. The minimum Gasteiger partial charge on any atom is -0.368 e. The Hall–Kier alpha value is -1.88. The highest BCUT2D eigenvalue weighted by atomic mass is 16.5. The molecule has 158 valence electrons. The lowest BCUT2D eigenvalue weighted by Gasteiger charge is -2.37. The Morgan fingerprint density at radius 3 is 2.69 bits per heavy atom. The number of carbonyl (C=O) groups is 1. The number of nitrogens with one attached hydrogen (secondary N) is 1. The molecule has 1 aromatic carbocycles. The SMILES string of the molecule is CC(C)[C@H]1CC[C@@H](C)C[C@H]1OCC(=O)N1CCC(c2nc3ccccc3[nH]2)CC1. The van der Waals surface area contributed by atoms with Gasteiger partial charge in [0.15, 0.2) is 0 Å². The summed E-state index contributed by atoms with van der Waals surface area (Å²) in [6.45, 7) is 8.67. The van der Waals surface area contributed by atoms with Crippen LogP contribution in [-0.4, -0.2) is 46.6 Å². The van der Waals surface area contributed by atoms with Crippen LogP contribution < -0.4 is 0 Å². The lowest BCUT2D eigenvalue weighted by Crippen LogP contribution is -2.42. The fourth-order valence-corrected chi connectivity index (χ4v) is 5.14. The van der Waals surface area contributed by atoms with Crippen LogP contribution >= 0.6 is 0 Å². The minimum absolute atomic E-state index is 0.147. The van der Waals surface area contributed by atoms with Gasteiger partial charge >= 0.3 is 0 Å². The van der Waals surface area contributed by atoms with Crippen molar-refractivity contribution in [3.63, 3.8) is 0 Å².